The molecule has 0 aliphatic heterocycles. The lowest BCUT2D eigenvalue weighted by Gasteiger charge is -2.03. The van der Waals surface area contributed by atoms with Crippen LogP contribution in [-0.4, -0.2) is 20.8 Å². The van der Waals surface area contributed by atoms with Gasteiger partial charge in [0.25, 0.3) is 0 Å². The highest BCUT2D eigenvalue weighted by atomic mass is 35.5. The Bertz CT molecular complexity index is 1050. The molecule has 0 saturated heterocycles. The summed E-state index contributed by atoms with van der Waals surface area (Å²) in [4.78, 5) is 12.2. The summed E-state index contributed by atoms with van der Waals surface area (Å²) in [7, 11) is 0. The van der Waals surface area contributed by atoms with Gasteiger partial charge < -0.3 is 4.52 Å². The van der Waals surface area contributed by atoms with Crippen LogP contribution in [0, 0.1) is 0 Å². The number of anilines is 1. The maximum Gasteiger partial charge on any atom is 0.248 e. The number of fused-ring (bicyclic) bond motifs is 1. The van der Waals surface area contributed by atoms with Crippen molar-refractivity contribution in [2.24, 2.45) is 0 Å². The Balaban J connectivity index is 1.48. The number of carbonyl (C=O) groups excluding carboxylic acids is 1. The van der Waals surface area contributed by atoms with Crippen molar-refractivity contribution in [3.05, 3.63) is 65.8 Å². The van der Waals surface area contributed by atoms with E-state index in [4.69, 9.17) is 16.1 Å². The molecule has 1 amide bonds. The molecule has 0 saturated carbocycles. The molecule has 0 aliphatic rings. The molecule has 1 N–H and O–H groups in total. The molecule has 0 fully saturated rings. The third-order valence-corrected chi connectivity index (χ3v) is 3.97. The van der Waals surface area contributed by atoms with Crippen LogP contribution in [0.3, 0.4) is 0 Å². The van der Waals surface area contributed by atoms with E-state index in [0.717, 1.165) is 16.5 Å². The van der Waals surface area contributed by atoms with Gasteiger partial charge in [0.05, 0.1) is 11.7 Å². The minimum absolute atomic E-state index is 0.0840. The summed E-state index contributed by atoms with van der Waals surface area (Å²) in [6.45, 7) is 0.0840. The van der Waals surface area contributed by atoms with Crippen molar-refractivity contribution < 1.29 is 9.32 Å². The summed E-state index contributed by atoms with van der Waals surface area (Å²) in [5.74, 6) is 0.0269. The molecule has 124 valence electrons. The first-order valence-electron chi connectivity index (χ1n) is 7.62. The molecular formula is C18H13ClN4O2. The fourth-order valence-electron chi connectivity index (χ4n) is 2.58. The van der Waals surface area contributed by atoms with Crippen LogP contribution >= 0.6 is 11.6 Å². The highest BCUT2D eigenvalue weighted by Gasteiger charge is 2.12. The SMILES string of the molecule is O=C(Cn1ncc2ccccc21)Nc1cc(-c2cccc(Cl)c2)no1. The maximum atomic E-state index is 12.2. The average Bonchev–Trinajstić information content (AvgIpc) is 3.23. The van der Waals surface area contributed by atoms with Crippen LogP contribution in [0.15, 0.2) is 65.3 Å². The van der Waals surface area contributed by atoms with E-state index in [1.165, 1.54) is 0 Å². The topological polar surface area (TPSA) is 73.0 Å². The minimum Gasteiger partial charge on any atom is -0.338 e. The quantitative estimate of drug-likeness (QED) is 0.603. The molecule has 7 heteroatoms. The number of nitrogens with one attached hydrogen (secondary N) is 1. The van der Waals surface area contributed by atoms with E-state index in [0.29, 0.717) is 10.7 Å². The molecule has 2 aromatic heterocycles. The van der Waals surface area contributed by atoms with Gasteiger partial charge in [0.1, 0.15) is 12.2 Å². The van der Waals surface area contributed by atoms with E-state index in [1.807, 2.05) is 36.4 Å². The van der Waals surface area contributed by atoms with E-state index in [9.17, 15) is 4.79 Å². The normalized spacial score (nSPS) is 10.9. The van der Waals surface area contributed by atoms with Crippen LogP contribution in [0.4, 0.5) is 5.88 Å². The van der Waals surface area contributed by atoms with Gasteiger partial charge in [-0.25, -0.2) is 0 Å². The summed E-state index contributed by atoms with van der Waals surface area (Å²) in [6, 6.07) is 16.6. The van der Waals surface area contributed by atoms with Gasteiger partial charge in [-0.05, 0) is 18.2 Å². The molecule has 0 spiro atoms. The third-order valence-electron chi connectivity index (χ3n) is 3.74. The standard InChI is InChI=1S/C18H13ClN4O2/c19-14-6-3-5-12(8-14)15-9-18(25-22-15)21-17(24)11-23-16-7-2-1-4-13(16)10-20-23/h1-10H,11H2,(H,21,24). The number of hydrogen-bond acceptors (Lipinski definition) is 4. The first-order chi connectivity index (χ1) is 12.2. The van der Waals surface area contributed by atoms with Gasteiger partial charge in [0.2, 0.25) is 11.8 Å². The van der Waals surface area contributed by atoms with E-state index in [1.54, 1.807) is 29.1 Å². The molecule has 0 aliphatic carbocycles. The van der Waals surface area contributed by atoms with Gasteiger partial charge in [-0.3, -0.25) is 14.8 Å². The highest BCUT2D eigenvalue weighted by Crippen LogP contribution is 2.24. The van der Waals surface area contributed by atoms with Crippen molar-refractivity contribution in [3.8, 4) is 11.3 Å². The summed E-state index contributed by atoms with van der Waals surface area (Å²) < 4.78 is 6.82. The maximum absolute atomic E-state index is 12.2. The number of para-hydroxylation sites is 1. The van der Waals surface area contributed by atoms with Crippen LogP contribution < -0.4 is 5.32 Å². The Morgan fingerprint density at radius 3 is 2.92 bits per heavy atom. The van der Waals surface area contributed by atoms with Gasteiger partial charge in [-0.2, -0.15) is 5.10 Å². The second kappa shape index (κ2) is 6.41. The first kappa shape index (κ1) is 15.4. The summed E-state index contributed by atoms with van der Waals surface area (Å²) >= 11 is 5.98. The number of aromatic nitrogens is 3. The number of rotatable bonds is 4. The van der Waals surface area contributed by atoms with Crippen molar-refractivity contribution in [1.82, 2.24) is 14.9 Å². The van der Waals surface area contributed by atoms with Crippen molar-refractivity contribution in [2.75, 3.05) is 5.32 Å². The summed E-state index contributed by atoms with van der Waals surface area (Å²) in [5, 5.41) is 12.5. The number of carbonyl (C=O) groups is 1. The molecule has 4 rings (SSSR count). The van der Waals surface area contributed by atoms with Crippen LogP contribution in [0.5, 0.6) is 0 Å². The number of nitrogens with zero attached hydrogens (tertiary/aromatic N) is 3. The third kappa shape index (κ3) is 3.25. The Morgan fingerprint density at radius 2 is 2.04 bits per heavy atom. The largest absolute Gasteiger partial charge is 0.338 e. The van der Waals surface area contributed by atoms with E-state index >= 15 is 0 Å². The number of hydrogen-bond donors (Lipinski definition) is 1. The fraction of sp³-hybridized carbons (Fsp3) is 0.0556. The molecule has 0 bridgehead atoms. The van der Waals surface area contributed by atoms with Gasteiger partial charge >= 0.3 is 0 Å². The molecule has 6 nitrogen and oxygen atoms in total. The molecule has 2 aromatic carbocycles. The van der Waals surface area contributed by atoms with Crippen molar-refractivity contribution >= 4 is 34.3 Å². The van der Waals surface area contributed by atoms with Crippen LogP contribution in [-0.2, 0) is 11.3 Å². The van der Waals surface area contributed by atoms with E-state index in [2.05, 4.69) is 15.6 Å². The van der Waals surface area contributed by atoms with Crippen molar-refractivity contribution in [2.45, 2.75) is 6.54 Å². The van der Waals surface area contributed by atoms with Gasteiger partial charge in [0, 0.05) is 22.0 Å². The molecule has 25 heavy (non-hydrogen) atoms. The molecule has 4 aromatic rings. The van der Waals surface area contributed by atoms with E-state index < -0.39 is 0 Å². The molecule has 0 radical (unpaired) electrons. The average molecular weight is 353 g/mol. The number of amides is 1. The summed E-state index contributed by atoms with van der Waals surface area (Å²) in [6.07, 6.45) is 1.73. The number of halogens is 1. The monoisotopic (exact) mass is 352 g/mol. The number of benzene rings is 2. The lowest BCUT2D eigenvalue weighted by molar-refractivity contribution is -0.117. The van der Waals surface area contributed by atoms with Gasteiger partial charge in [-0.15, -0.1) is 0 Å². The Morgan fingerprint density at radius 1 is 1.16 bits per heavy atom. The minimum atomic E-state index is -0.248. The van der Waals surface area contributed by atoms with Crippen molar-refractivity contribution in [1.29, 1.82) is 0 Å². The molecule has 0 unspecified atom stereocenters. The fourth-order valence-corrected chi connectivity index (χ4v) is 2.77. The molecule has 2 heterocycles. The summed E-state index contributed by atoms with van der Waals surface area (Å²) in [5.41, 5.74) is 2.31. The van der Waals surface area contributed by atoms with Crippen LogP contribution in [0.25, 0.3) is 22.2 Å². The zero-order chi connectivity index (χ0) is 17.2. The highest BCUT2D eigenvalue weighted by molar-refractivity contribution is 6.30. The van der Waals surface area contributed by atoms with Crippen molar-refractivity contribution in [3.63, 3.8) is 0 Å². The smallest absolute Gasteiger partial charge is 0.248 e. The molecule has 0 atom stereocenters. The van der Waals surface area contributed by atoms with Gasteiger partial charge in [0.15, 0.2) is 0 Å². The Labute approximate surface area is 148 Å². The Kier molecular flexibility index (Phi) is 3.95. The predicted octanol–water partition coefficient (Wildman–Crippen LogP) is 3.98. The zero-order valence-corrected chi connectivity index (χ0v) is 13.8. The Hall–Kier alpha value is -3.12. The first-order valence-corrected chi connectivity index (χ1v) is 8.00. The van der Waals surface area contributed by atoms with Crippen LogP contribution in [0.2, 0.25) is 5.02 Å². The van der Waals surface area contributed by atoms with E-state index in [-0.39, 0.29) is 18.3 Å². The zero-order valence-electron chi connectivity index (χ0n) is 13.0. The second-order valence-electron chi connectivity index (χ2n) is 5.50. The predicted molar refractivity (Wildman–Crippen MR) is 95.3 cm³/mol. The lowest BCUT2D eigenvalue weighted by Crippen LogP contribution is -2.19. The second-order valence-corrected chi connectivity index (χ2v) is 5.93. The molecular weight excluding hydrogens is 340 g/mol. The van der Waals surface area contributed by atoms with Gasteiger partial charge in [-0.1, -0.05) is 47.1 Å². The lowest BCUT2D eigenvalue weighted by atomic mass is 10.1. The van der Waals surface area contributed by atoms with Crippen LogP contribution in [0.1, 0.15) is 0 Å².